The van der Waals surface area contributed by atoms with E-state index in [1.807, 2.05) is 30.5 Å². The zero-order valence-corrected chi connectivity index (χ0v) is 16.3. The summed E-state index contributed by atoms with van der Waals surface area (Å²) in [5.41, 5.74) is 3.62. The molecule has 0 atom stereocenters. The number of carbonyl (C=O) groups excluding carboxylic acids is 1. The van der Waals surface area contributed by atoms with Crippen molar-refractivity contribution >= 4 is 17.5 Å². The van der Waals surface area contributed by atoms with Crippen molar-refractivity contribution in [1.29, 1.82) is 0 Å². The van der Waals surface area contributed by atoms with Gasteiger partial charge in [0, 0.05) is 28.6 Å². The van der Waals surface area contributed by atoms with Crippen LogP contribution in [0.15, 0.2) is 33.9 Å². The molecule has 1 fully saturated rings. The number of nitrogens with zero attached hydrogens (tertiary/aromatic N) is 3. The van der Waals surface area contributed by atoms with Crippen molar-refractivity contribution in [2.75, 3.05) is 5.75 Å². The Hall–Kier alpha value is -2.41. The van der Waals surface area contributed by atoms with E-state index < -0.39 is 0 Å². The maximum atomic E-state index is 14.0. The number of aromatic nitrogens is 3. The minimum absolute atomic E-state index is 0.0156. The van der Waals surface area contributed by atoms with Gasteiger partial charge in [-0.2, -0.15) is 0 Å². The molecule has 0 radical (unpaired) electrons. The van der Waals surface area contributed by atoms with Gasteiger partial charge >= 0.3 is 0 Å². The molecule has 5 nitrogen and oxygen atoms in total. The lowest BCUT2D eigenvalue weighted by atomic mass is 10.2. The highest BCUT2D eigenvalue weighted by molar-refractivity contribution is 7.99. The zero-order valence-electron chi connectivity index (χ0n) is 15.5. The monoisotopic (exact) mass is 385 g/mol. The van der Waals surface area contributed by atoms with Gasteiger partial charge < -0.3 is 8.98 Å². The first-order valence-corrected chi connectivity index (χ1v) is 9.87. The number of benzene rings is 1. The molecule has 1 saturated carbocycles. The lowest BCUT2D eigenvalue weighted by Gasteiger charge is -2.11. The lowest BCUT2D eigenvalue weighted by Crippen LogP contribution is -2.06. The fraction of sp³-hybridized carbons (Fsp3) is 0.350. The van der Waals surface area contributed by atoms with E-state index in [-0.39, 0.29) is 17.4 Å². The molecule has 0 spiro atoms. The van der Waals surface area contributed by atoms with E-state index in [4.69, 9.17) is 4.42 Å². The number of carbonyl (C=O) groups is 1. The number of hydrogen-bond donors (Lipinski definition) is 0. The molecular weight excluding hydrogens is 365 g/mol. The number of hydrogen-bond acceptors (Lipinski definition) is 5. The molecule has 140 valence electrons. The van der Waals surface area contributed by atoms with Crippen LogP contribution in [-0.2, 0) is 0 Å². The van der Waals surface area contributed by atoms with Crippen molar-refractivity contribution in [2.24, 2.45) is 0 Å². The summed E-state index contributed by atoms with van der Waals surface area (Å²) in [5.74, 6) is 1.02. The van der Waals surface area contributed by atoms with Gasteiger partial charge in [0.2, 0.25) is 5.89 Å². The quantitative estimate of drug-likeness (QED) is 0.451. The van der Waals surface area contributed by atoms with Crippen LogP contribution in [0.5, 0.6) is 0 Å². The molecule has 1 aromatic carbocycles. The van der Waals surface area contributed by atoms with Gasteiger partial charge in [0.05, 0.1) is 5.75 Å². The average molecular weight is 385 g/mol. The SMILES string of the molecule is Cc1ccc(-n2c(C)cc(C(=O)CSc3nnc(C4CC4)o3)c2C)cc1F. The molecule has 7 heteroatoms. The topological polar surface area (TPSA) is 60.9 Å². The second kappa shape index (κ2) is 6.96. The smallest absolute Gasteiger partial charge is 0.277 e. The summed E-state index contributed by atoms with van der Waals surface area (Å²) in [6.07, 6.45) is 2.19. The number of aryl methyl sites for hydroxylation is 2. The summed E-state index contributed by atoms with van der Waals surface area (Å²) in [6, 6.07) is 6.95. The molecule has 0 aliphatic heterocycles. The van der Waals surface area contributed by atoms with Gasteiger partial charge in [0.15, 0.2) is 5.78 Å². The van der Waals surface area contributed by atoms with Crippen molar-refractivity contribution < 1.29 is 13.6 Å². The molecule has 0 amide bonds. The summed E-state index contributed by atoms with van der Waals surface area (Å²) in [4.78, 5) is 12.7. The number of thioether (sulfide) groups is 1. The van der Waals surface area contributed by atoms with Crippen molar-refractivity contribution in [2.45, 2.75) is 44.8 Å². The summed E-state index contributed by atoms with van der Waals surface area (Å²) in [5, 5.41) is 8.46. The molecule has 4 rings (SSSR count). The fourth-order valence-electron chi connectivity index (χ4n) is 3.14. The predicted octanol–water partition coefficient (Wildman–Crippen LogP) is 4.78. The molecular formula is C20H20FN3O2S. The molecule has 1 aliphatic carbocycles. The Labute approximate surface area is 161 Å². The van der Waals surface area contributed by atoms with Crippen LogP contribution in [-0.4, -0.2) is 26.3 Å². The highest BCUT2D eigenvalue weighted by Gasteiger charge is 2.29. The van der Waals surface area contributed by atoms with Gasteiger partial charge in [-0.05, 0) is 57.4 Å². The summed E-state index contributed by atoms with van der Waals surface area (Å²) in [7, 11) is 0. The second-order valence-electron chi connectivity index (χ2n) is 6.95. The van der Waals surface area contributed by atoms with Crippen LogP contribution in [0.1, 0.15) is 52.0 Å². The third-order valence-corrected chi connectivity index (χ3v) is 5.64. The summed E-state index contributed by atoms with van der Waals surface area (Å²) >= 11 is 1.25. The Morgan fingerprint density at radius 1 is 1.26 bits per heavy atom. The van der Waals surface area contributed by atoms with Crippen LogP contribution in [0.3, 0.4) is 0 Å². The summed E-state index contributed by atoms with van der Waals surface area (Å²) in [6.45, 7) is 5.52. The van der Waals surface area contributed by atoms with Gasteiger partial charge in [0.25, 0.3) is 5.22 Å². The van der Waals surface area contributed by atoms with E-state index in [0.717, 1.165) is 24.2 Å². The molecule has 0 unspecified atom stereocenters. The summed E-state index contributed by atoms with van der Waals surface area (Å²) < 4.78 is 21.4. The van der Waals surface area contributed by atoms with Gasteiger partial charge in [-0.1, -0.05) is 17.8 Å². The van der Waals surface area contributed by atoms with Gasteiger partial charge in [-0.15, -0.1) is 10.2 Å². The van der Waals surface area contributed by atoms with E-state index >= 15 is 0 Å². The van der Waals surface area contributed by atoms with Crippen molar-refractivity contribution in [3.05, 3.63) is 58.5 Å². The van der Waals surface area contributed by atoms with E-state index in [9.17, 15) is 9.18 Å². The molecule has 0 bridgehead atoms. The highest BCUT2D eigenvalue weighted by Crippen LogP contribution is 2.39. The fourth-order valence-corrected chi connectivity index (χ4v) is 3.80. The Balaban J connectivity index is 1.52. The Bertz CT molecular complexity index is 1020. The Morgan fingerprint density at radius 3 is 2.74 bits per heavy atom. The van der Waals surface area contributed by atoms with Gasteiger partial charge in [0.1, 0.15) is 5.82 Å². The average Bonchev–Trinajstić information content (AvgIpc) is 3.31. The lowest BCUT2D eigenvalue weighted by molar-refractivity contribution is 0.102. The zero-order chi connectivity index (χ0) is 19.1. The first-order valence-electron chi connectivity index (χ1n) is 8.89. The third kappa shape index (κ3) is 3.56. The number of rotatable bonds is 6. The van der Waals surface area contributed by atoms with Crippen LogP contribution < -0.4 is 0 Å². The van der Waals surface area contributed by atoms with Crippen molar-refractivity contribution in [3.8, 4) is 5.69 Å². The van der Waals surface area contributed by atoms with Gasteiger partial charge in [-0.25, -0.2) is 4.39 Å². The standard InChI is InChI=1S/C20H20FN3O2S/c1-11-4-7-15(9-17(11)21)24-12(2)8-16(13(24)3)18(25)10-27-20-23-22-19(26-20)14-5-6-14/h4,7-9,14H,5-6,10H2,1-3H3. The van der Waals surface area contributed by atoms with Gasteiger partial charge in [-0.3, -0.25) is 4.79 Å². The van der Waals surface area contributed by atoms with Crippen LogP contribution in [0.2, 0.25) is 0 Å². The normalized spacial score (nSPS) is 13.9. The minimum atomic E-state index is -0.258. The van der Waals surface area contributed by atoms with Crippen LogP contribution in [0.25, 0.3) is 5.69 Å². The maximum Gasteiger partial charge on any atom is 0.277 e. The van der Waals surface area contributed by atoms with E-state index in [1.165, 1.54) is 17.8 Å². The predicted molar refractivity (Wildman–Crippen MR) is 101 cm³/mol. The van der Waals surface area contributed by atoms with E-state index in [2.05, 4.69) is 10.2 Å². The van der Waals surface area contributed by atoms with Crippen LogP contribution in [0.4, 0.5) is 4.39 Å². The highest BCUT2D eigenvalue weighted by atomic mass is 32.2. The molecule has 0 N–H and O–H groups in total. The van der Waals surface area contributed by atoms with Crippen molar-refractivity contribution in [3.63, 3.8) is 0 Å². The van der Waals surface area contributed by atoms with E-state index in [1.54, 1.807) is 13.0 Å². The maximum absolute atomic E-state index is 14.0. The van der Waals surface area contributed by atoms with Crippen LogP contribution >= 0.6 is 11.8 Å². The Kier molecular flexibility index (Phi) is 4.63. The number of halogens is 1. The number of Topliss-reactive ketones (excluding diaryl/α,β-unsaturated/α-hetero) is 1. The number of ketones is 1. The van der Waals surface area contributed by atoms with Crippen molar-refractivity contribution in [1.82, 2.24) is 14.8 Å². The molecule has 1 aliphatic rings. The molecule has 0 saturated heterocycles. The molecule has 2 aromatic heterocycles. The van der Waals surface area contributed by atoms with Crippen LogP contribution in [0, 0.1) is 26.6 Å². The minimum Gasteiger partial charge on any atom is -0.416 e. The first-order chi connectivity index (χ1) is 12.9. The van der Waals surface area contributed by atoms with E-state index in [0.29, 0.717) is 33.8 Å². The largest absolute Gasteiger partial charge is 0.416 e. The molecule has 3 aromatic rings. The third-order valence-electron chi connectivity index (χ3n) is 4.82. The molecule has 2 heterocycles. The second-order valence-corrected chi connectivity index (χ2v) is 7.87. The molecule has 27 heavy (non-hydrogen) atoms. The first kappa shape index (κ1) is 18.0. The Morgan fingerprint density at radius 2 is 2.04 bits per heavy atom.